The van der Waals surface area contributed by atoms with Crippen molar-refractivity contribution in [2.24, 2.45) is 5.92 Å². The van der Waals surface area contributed by atoms with E-state index in [1.165, 1.54) is 66.9 Å². The number of aromatic nitrogens is 1. The highest BCUT2D eigenvalue weighted by Crippen LogP contribution is 2.37. The van der Waals surface area contributed by atoms with Crippen molar-refractivity contribution in [2.75, 3.05) is 6.54 Å². The number of nitrogens with zero attached hydrogens (tertiary/aromatic N) is 3. The van der Waals surface area contributed by atoms with Gasteiger partial charge in [-0.3, -0.25) is 4.79 Å². The normalized spacial score (nSPS) is 11.6. The fourth-order valence-electron chi connectivity index (χ4n) is 5.28. The lowest BCUT2D eigenvalue weighted by molar-refractivity contribution is 0.0722. The number of carbonyl (C=O) groups is 1. The molecular weight excluding hydrogens is 743 g/mol. The highest BCUT2D eigenvalue weighted by Gasteiger charge is 2.30. The largest absolute Gasteiger partial charge is 0.505 e. The fourth-order valence-corrected chi connectivity index (χ4v) is 7.55. The van der Waals surface area contributed by atoms with Crippen molar-refractivity contribution in [3.8, 4) is 17.2 Å². The van der Waals surface area contributed by atoms with Crippen molar-refractivity contribution in [1.29, 1.82) is 0 Å². The Morgan fingerprint density at radius 2 is 1.41 bits per heavy atom. The number of aromatic hydroxyl groups is 1. The number of halogens is 5. The molecule has 0 saturated heterocycles. The molecule has 5 rings (SSSR count). The molecule has 0 unspecified atom stereocenters. The molecule has 1 N–H and O–H groups in total. The minimum Gasteiger partial charge on any atom is -0.505 e. The van der Waals surface area contributed by atoms with E-state index in [0.29, 0.717) is 34.5 Å². The highest BCUT2D eigenvalue weighted by atomic mass is 35.5. The summed E-state index contributed by atoms with van der Waals surface area (Å²) in [5.41, 5.74) is 1.81. The zero-order valence-corrected chi connectivity index (χ0v) is 30.4. The molecule has 0 atom stereocenters. The van der Waals surface area contributed by atoms with Gasteiger partial charge < -0.3 is 14.7 Å². The molecule has 1 aromatic heterocycles. The van der Waals surface area contributed by atoms with Crippen LogP contribution in [0.1, 0.15) is 40.9 Å². The third kappa shape index (κ3) is 9.96. The third-order valence-electron chi connectivity index (χ3n) is 7.54. The molecule has 51 heavy (non-hydrogen) atoms. The van der Waals surface area contributed by atoms with E-state index in [1.807, 2.05) is 13.8 Å². The standard InChI is InChI=1S/C37H32Cl3F2N3O5S/c1-23(2)19-44(37(47)27-5-12-35(40)43-18-27)20-25-13-26(15-32(14-25)50-31-10-8-30(42)9-11-31)22-45(21-24-3-6-29(41)7-4-24)51(48,49)34-17-28(38)16-33(39)36(34)46/h3-18,23,46H,19-22H2,1-2H3. The van der Waals surface area contributed by atoms with Gasteiger partial charge in [0.25, 0.3) is 5.91 Å². The molecule has 1 amide bonds. The molecule has 0 saturated carbocycles. The Hall–Kier alpha value is -4.26. The summed E-state index contributed by atoms with van der Waals surface area (Å²) in [5.74, 6) is -1.25. The zero-order valence-electron chi connectivity index (χ0n) is 27.4. The van der Waals surface area contributed by atoms with Crippen LogP contribution in [0.2, 0.25) is 15.2 Å². The molecule has 0 aliphatic heterocycles. The van der Waals surface area contributed by atoms with Crippen LogP contribution in [0, 0.1) is 17.6 Å². The molecule has 1 heterocycles. The molecule has 0 aliphatic carbocycles. The Morgan fingerprint density at radius 1 is 0.804 bits per heavy atom. The Kier molecular flexibility index (Phi) is 12.2. The minimum absolute atomic E-state index is 0.0131. The molecule has 0 spiro atoms. The van der Waals surface area contributed by atoms with Crippen molar-refractivity contribution >= 4 is 50.7 Å². The summed E-state index contributed by atoms with van der Waals surface area (Å²) in [6, 6.07) is 21.1. The number of phenols is 1. The van der Waals surface area contributed by atoms with Crippen LogP contribution >= 0.6 is 34.8 Å². The van der Waals surface area contributed by atoms with E-state index < -0.39 is 32.3 Å². The zero-order chi connectivity index (χ0) is 36.9. The molecule has 14 heteroatoms. The number of hydrogen-bond acceptors (Lipinski definition) is 6. The molecule has 266 valence electrons. The predicted molar refractivity (Wildman–Crippen MR) is 193 cm³/mol. The van der Waals surface area contributed by atoms with Gasteiger partial charge in [-0.15, -0.1) is 0 Å². The van der Waals surface area contributed by atoms with Gasteiger partial charge in [-0.25, -0.2) is 22.2 Å². The minimum atomic E-state index is -4.51. The van der Waals surface area contributed by atoms with E-state index in [-0.39, 0.29) is 52.4 Å². The first-order valence-electron chi connectivity index (χ1n) is 15.6. The van der Waals surface area contributed by atoms with Crippen molar-refractivity contribution in [3.05, 3.63) is 146 Å². The Bertz CT molecular complexity index is 2120. The van der Waals surface area contributed by atoms with E-state index in [2.05, 4.69) is 4.98 Å². The maximum Gasteiger partial charge on any atom is 0.255 e. The van der Waals surface area contributed by atoms with Crippen molar-refractivity contribution < 1.29 is 31.8 Å². The molecule has 8 nitrogen and oxygen atoms in total. The lowest BCUT2D eigenvalue weighted by Gasteiger charge is -2.26. The van der Waals surface area contributed by atoms with Gasteiger partial charge in [0.05, 0.1) is 10.6 Å². The van der Waals surface area contributed by atoms with Crippen LogP contribution in [-0.2, 0) is 29.7 Å². The summed E-state index contributed by atoms with van der Waals surface area (Å²) in [4.78, 5) is 18.8. The van der Waals surface area contributed by atoms with Crippen LogP contribution in [0.5, 0.6) is 17.2 Å². The molecule has 0 radical (unpaired) electrons. The number of phenolic OH excluding ortho intramolecular Hbond substituents is 1. The van der Waals surface area contributed by atoms with Gasteiger partial charge >= 0.3 is 0 Å². The van der Waals surface area contributed by atoms with Crippen LogP contribution in [-0.4, -0.2) is 40.2 Å². The van der Waals surface area contributed by atoms with Gasteiger partial charge in [-0.05, 0) is 95.4 Å². The topological polar surface area (TPSA) is 100 Å². The lowest BCUT2D eigenvalue weighted by atomic mass is 10.1. The van der Waals surface area contributed by atoms with Gasteiger partial charge in [0.15, 0.2) is 5.75 Å². The number of sulfonamides is 1. The summed E-state index contributed by atoms with van der Waals surface area (Å²) in [5, 5.41) is 10.7. The van der Waals surface area contributed by atoms with E-state index in [0.717, 1.165) is 10.4 Å². The van der Waals surface area contributed by atoms with Crippen LogP contribution in [0.15, 0.2) is 102 Å². The summed E-state index contributed by atoms with van der Waals surface area (Å²) < 4.78 is 63.1. The fraction of sp³-hybridized carbons (Fsp3) is 0.189. The number of amides is 1. The summed E-state index contributed by atoms with van der Waals surface area (Å²) in [7, 11) is -4.51. The van der Waals surface area contributed by atoms with Crippen molar-refractivity contribution in [3.63, 3.8) is 0 Å². The van der Waals surface area contributed by atoms with Gasteiger partial charge in [0.1, 0.15) is 33.2 Å². The first-order valence-corrected chi connectivity index (χ1v) is 18.1. The maximum absolute atomic E-state index is 14.2. The second-order valence-electron chi connectivity index (χ2n) is 12.1. The number of rotatable bonds is 13. The van der Waals surface area contributed by atoms with Crippen molar-refractivity contribution in [1.82, 2.24) is 14.2 Å². The Morgan fingerprint density at radius 3 is 2.02 bits per heavy atom. The molecule has 0 aliphatic rings. The maximum atomic E-state index is 14.2. The number of hydrogen-bond donors (Lipinski definition) is 1. The van der Waals surface area contributed by atoms with E-state index in [9.17, 15) is 27.1 Å². The second-order valence-corrected chi connectivity index (χ2v) is 15.3. The Balaban J connectivity index is 1.59. The second kappa shape index (κ2) is 16.4. The average Bonchev–Trinajstić information content (AvgIpc) is 3.07. The first kappa shape index (κ1) is 38.0. The lowest BCUT2D eigenvalue weighted by Crippen LogP contribution is -2.34. The highest BCUT2D eigenvalue weighted by molar-refractivity contribution is 7.89. The molecular formula is C37H32Cl3F2N3O5S. The first-order chi connectivity index (χ1) is 24.2. The monoisotopic (exact) mass is 773 g/mol. The Labute approximate surface area is 309 Å². The number of carbonyl (C=O) groups excluding carboxylic acids is 1. The SMILES string of the molecule is CC(C)CN(Cc1cc(CN(Cc2ccc(F)cc2)S(=O)(=O)c2cc(Cl)cc(Cl)c2O)cc(Oc2ccc(F)cc2)c1)C(=O)c1ccc(Cl)nc1. The quantitative estimate of drug-likeness (QED) is 0.120. The molecule has 0 fully saturated rings. The van der Waals surface area contributed by atoms with Crippen LogP contribution < -0.4 is 4.74 Å². The van der Waals surface area contributed by atoms with Crippen molar-refractivity contribution in [2.45, 2.75) is 38.4 Å². The smallest absolute Gasteiger partial charge is 0.255 e. The van der Waals surface area contributed by atoms with Crippen LogP contribution in [0.3, 0.4) is 0 Å². The van der Waals surface area contributed by atoms with Crippen LogP contribution in [0.4, 0.5) is 8.78 Å². The van der Waals surface area contributed by atoms with Gasteiger partial charge in [0.2, 0.25) is 10.0 Å². The number of pyridine rings is 1. The molecule has 0 bridgehead atoms. The van der Waals surface area contributed by atoms with E-state index in [1.54, 1.807) is 29.2 Å². The number of benzene rings is 4. The van der Waals surface area contributed by atoms with Crippen LogP contribution in [0.25, 0.3) is 0 Å². The number of ether oxygens (including phenoxy) is 1. The predicted octanol–water partition coefficient (Wildman–Crippen LogP) is 9.51. The molecule has 4 aromatic carbocycles. The van der Waals surface area contributed by atoms with E-state index >= 15 is 0 Å². The van der Waals surface area contributed by atoms with Gasteiger partial charge in [0, 0.05) is 37.4 Å². The summed E-state index contributed by atoms with van der Waals surface area (Å²) in [6.07, 6.45) is 1.40. The van der Waals surface area contributed by atoms with E-state index in [4.69, 9.17) is 39.5 Å². The molecule has 5 aromatic rings. The summed E-state index contributed by atoms with van der Waals surface area (Å²) in [6.45, 7) is 3.91. The summed E-state index contributed by atoms with van der Waals surface area (Å²) >= 11 is 18.2. The third-order valence-corrected chi connectivity index (χ3v) is 10.1. The average molecular weight is 775 g/mol. The van der Waals surface area contributed by atoms with Gasteiger partial charge in [-0.2, -0.15) is 4.31 Å². The van der Waals surface area contributed by atoms with Gasteiger partial charge in [-0.1, -0.05) is 66.8 Å².